The topological polar surface area (TPSA) is 60.0 Å². The summed E-state index contributed by atoms with van der Waals surface area (Å²) >= 11 is 0. The first-order valence-corrected chi connectivity index (χ1v) is 10.0. The molecule has 0 radical (unpaired) electrons. The van der Waals surface area contributed by atoms with E-state index in [-0.39, 0.29) is 6.29 Å². The zero-order chi connectivity index (χ0) is 19.3. The van der Waals surface area contributed by atoms with Crippen LogP contribution in [0.2, 0.25) is 0 Å². The van der Waals surface area contributed by atoms with Crippen LogP contribution in [-0.4, -0.2) is 27.8 Å². The lowest BCUT2D eigenvalue weighted by Gasteiger charge is -2.24. The number of aromatic nitrogens is 3. The largest absolute Gasteiger partial charge is 0.464 e. The monoisotopic (exact) mass is 375 g/mol. The van der Waals surface area contributed by atoms with Crippen molar-refractivity contribution in [1.82, 2.24) is 15.0 Å². The predicted octanol–water partition coefficient (Wildman–Crippen LogP) is 4.85. The van der Waals surface area contributed by atoms with E-state index in [0.717, 1.165) is 73.1 Å². The van der Waals surface area contributed by atoms with Crippen molar-refractivity contribution in [3.05, 3.63) is 41.7 Å². The van der Waals surface area contributed by atoms with Crippen molar-refractivity contribution in [2.45, 2.75) is 51.7 Å². The van der Waals surface area contributed by atoms with Gasteiger partial charge in [-0.25, -0.2) is 4.98 Å². The summed E-state index contributed by atoms with van der Waals surface area (Å²) in [6.45, 7) is 2.93. The molecule has 1 unspecified atom stereocenters. The summed E-state index contributed by atoms with van der Waals surface area (Å²) in [4.78, 5) is 12.4. The maximum atomic E-state index is 6.02. The third-order valence-corrected chi connectivity index (χ3v) is 5.13. The maximum absolute atomic E-state index is 6.02. The molecule has 1 fully saturated rings. The van der Waals surface area contributed by atoms with Gasteiger partial charge in [0, 0.05) is 24.4 Å². The zero-order valence-electron chi connectivity index (χ0n) is 16.2. The number of hydrogen-bond acceptors (Lipinski definition) is 4. The van der Waals surface area contributed by atoms with Crippen LogP contribution in [0.1, 0.15) is 50.2 Å². The second kappa shape index (κ2) is 8.45. The Balaban J connectivity index is 1.70. The Morgan fingerprint density at radius 3 is 2.96 bits per heavy atom. The summed E-state index contributed by atoms with van der Waals surface area (Å²) in [6, 6.07) is 5.98. The number of nitrogens with one attached hydrogen (secondary N) is 1. The number of benzene rings is 1. The number of fused-ring (bicyclic) bond motifs is 1. The molecule has 1 atom stereocenters. The molecule has 3 heterocycles. The summed E-state index contributed by atoms with van der Waals surface area (Å²) in [5.41, 5.74) is 5.72. The average Bonchev–Trinajstić information content (AvgIpc) is 3.12. The van der Waals surface area contributed by atoms with Gasteiger partial charge in [-0.05, 0) is 49.4 Å². The molecule has 0 bridgehead atoms. The van der Waals surface area contributed by atoms with Crippen molar-refractivity contribution >= 4 is 11.2 Å². The molecule has 2 aromatic heterocycles. The lowest BCUT2D eigenvalue weighted by Crippen LogP contribution is -2.25. The summed E-state index contributed by atoms with van der Waals surface area (Å²) in [6.07, 6.45) is 15.3. The average molecular weight is 375 g/mol. The molecule has 28 heavy (non-hydrogen) atoms. The maximum Gasteiger partial charge on any atom is 0.199 e. The standard InChI is InChI=1S/C23H25N3O2/c1-3-5-8-18-21(26-23-22(18)24-12-13-25-23)17-10-11-19(16(4-2)15-17)28-20-9-6-7-14-27-20/h2,10-13,15,20H,3,5-9,14H2,1H3,(H,25,26). The Bertz CT molecular complexity index is 997. The highest BCUT2D eigenvalue weighted by Crippen LogP contribution is 2.33. The van der Waals surface area contributed by atoms with Crippen molar-refractivity contribution < 1.29 is 9.47 Å². The molecule has 4 rings (SSSR count). The zero-order valence-corrected chi connectivity index (χ0v) is 16.2. The van der Waals surface area contributed by atoms with Gasteiger partial charge in [0.15, 0.2) is 11.9 Å². The molecule has 0 aliphatic carbocycles. The van der Waals surface area contributed by atoms with Gasteiger partial charge in [-0.3, -0.25) is 4.98 Å². The first-order chi connectivity index (χ1) is 13.8. The Morgan fingerprint density at radius 2 is 2.18 bits per heavy atom. The van der Waals surface area contributed by atoms with Gasteiger partial charge >= 0.3 is 0 Å². The Labute approximate surface area is 165 Å². The lowest BCUT2D eigenvalue weighted by atomic mass is 10.0. The van der Waals surface area contributed by atoms with E-state index in [1.165, 1.54) is 5.56 Å². The first-order valence-electron chi connectivity index (χ1n) is 10.0. The number of H-pyrrole nitrogens is 1. The molecule has 144 valence electrons. The Hall–Kier alpha value is -2.84. The van der Waals surface area contributed by atoms with E-state index < -0.39 is 0 Å². The second-order valence-corrected chi connectivity index (χ2v) is 7.10. The van der Waals surface area contributed by atoms with Crippen LogP contribution in [0.15, 0.2) is 30.6 Å². The molecule has 1 aliphatic heterocycles. The van der Waals surface area contributed by atoms with Crippen molar-refractivity contribution in [2.75, 3.05) is 6.61 Å². The number of hydrogen-bond donors (Lipinski definition) is 1. The van der Waals surface area contributed by atoms with Crippen molar-refractivity contribution in [3.63, 3.8) is 0 Å². The van der Waals surface area contributed by atoms with Gasteiger partial charge in [0.1, 0.15) is 11.3 Å². The van der Waals surface area contributed by atoms with Crippen molar-refractivity contribution in [2.24, 2.45) is 0 Å². The van der Waals surface area contributed by atoms with Crippen LogP contribution in [0.5, 0.6) is 5.75 Å². The molecule has 0 saturated carbocycles. The highest BCUT2D eigenvalue weighted by Gasteiger charge is 2.19. The number of nitrogens with zero attached hydrogens (tertiary/aromatic N) is 2. The minimum absolute atomic E-state index is 0.215. The number of aryl methyl sites for hydroxylation is 1. The molecule has 1 N–H and O–H groups in total. The molecule has 5 heteroatoms. The van der Waals surface area contributed by atoms with Crippen LogP contribution >= 0.6 is 0 Å². The van der Waals surface area contributed by atoms with Gasteiger partial charge in [-0.1, -0.05) is 19.3 Å². The van der Waals surface area contributed by atoms with Crippen LogP contribution in [0.3, 0.4) is 0 Å². The fraction of sp³-hybridized carbons (Fsp3) is 0.391. The molecular weight excluding hydrogens is 350 g/mol. The van der Waals surface area contributed by atoms with E-state index in [1.807, 2.05) is 18.2 Å². The van der Waals surface area contributed by atoms with Crippen LogP contribution in [0.4, 0.5) is 0 Å². The van der Waals surface area contributed by atoms with Crippen LogP contribution in [0.25, 0.3) is 22.4 Å². The number of ether oxygens (including phenoxy) is 2. The molecule has 5 nitrogen and oxygen atoms in total. The second-order valence-electron chi connectivity index (χ2n) is 7.10. The quantitative estimate of drug-likeness (QED) is 0.626. The van der Waals surface area contributed by atoms with E-state index >= 15 is 0 Å². The molecule has 0 spiro atoms. The summed E-state index contributed by atoms with van der Waals surface area (Å²) in [5.74, 6) is 3.46. The number of unbranched alkanes of at least 4 members (excludes halogenated alkanes) is 1. The molecule has 1 aliphatic rings. The third kappa shape index (κ3) is 3.74. The molecular formula is C23H25N3O2. The normalized spacial score (nSPS) is 16.8. The number of terminal acetylenes is 1. The minimum Gasteiger partial charge on any atom is -0.464 e. The van der Waals surface area contributed by atoms with E-state index in [0.29, 0.717) is 5.75 Å². The van der Waals surface area contributed by atoms with E-state index in [1.54, 1.807) is 12.4 Å². The minimum atomic E-state index is -0.215. The Kier molecular flexibility index (Phi) is 5.59. The highest BCUT2D eigenvalue weighted by molar-refractivity contribution is 5.85. The van der Waals surface area contributed by atoms with E-state index in [9.17, 15) is 0 Å². The molecule has 0 amide bonds. The SMILES string of the molecule is C#Cc1cc(-c2[nH]c3nccnc3c2CCCC)ccc1OC1CCCCO1. The van der Waals surface area contributed by atoms with Gasteiger partial charge in [0.25, 0.3) is 0 Å². The molecule has 3 aromatic rings. The smallest absolute Gasteiger partial charge is 0.199 e. The van der Waals surface area contributed by atoms with Gasteiger partial charge in [-0.15, -0.1) is 6.42 Å². The first kappa shape index (κ1) is 18.5. The summed E-state index contributed by atoms with van der Waals surface area (Å²) in [7, 11) is 0. The van der Waals surface area contributed by atoms with Crippen molar-refractivity contribution in [1.29, 1.82) is 0 Å². The molecule has 1 aromatic carbocycles. The predicted molar refractivity (Wildman–Crippen MR) is 110 cm³/mol. The van der Waals surface area contributed by atoms with Gasteiger partial charge < -0.3 is 14.5 Å². The highest BCUT2D eigenvalue weighted by atomic mass is 16.7. The lowest BCUT2D eigenvalue weighted by molar-refractivity contribution is -0.106. The fourth-order valence-corrected chi connectivity index (χ4v) is 3.65. The molecule has 1 saturated heterocycles. The van der Waals surface area contributed by atoms with Gasteiger partial charge in [0.2, 0.25) is 0 Å². The summed E-state index contributed by atoms with van der Waals surface area (Å²) in [5, 5.41) is 0. The van der Waals surface area contributed by atoms with Crippen LogP contribution < -0.4 is 4.74 Å². The van der Waals surface area contributed by atoms with Crippen LogP contribution in [0, 0.1) is 12.3 Å². The van der Waals surface area contributed by atoms with E-state index in [2.05, 4.69) is 27.8 Å². The van der Waals surface area contributed by atoms with E-state index in [4.69, 9.17) is 15.9 Å². The fourth-order valence-electron chi connectivity index (χ4n) is 3.65. The summed E-state index contributed by atoms with van der Waals surface area (Å²) < 4.78 is 11.7. The Morgan fingerprint density at radius 1 is 1.29 bits per heavy atom. The van der Waals surface area contributed by atoms with Crippen LogP contribution in [-0.2, 0) is 11.2 Å². The van der Waals surface area contributed by atoms with Gasteiger partial charge in [0.05, 0.1) is 17.9 Å². The number of aromatic amines is 1. The van der Waals surface area contributed by atoms with Crippen molar-refractivity contribution in [3.8, 4) is 29.4 Å². The third-order valence-electron chi connectivity index (χ3n) is 5.13. The number of rotatable bonds is 6. The van der Waals surface area contributed by atoms with Gasteiger partial charge in [-0.2, -0.15) is 0 Å².